The Kier molecular flexibility index (Phi) is 2.68. The van der Waals surface area contributed by atoms with E-state index in [2.05, 4.69) is 42.0 Å². The van der Waals surface area contributed by atoms with Crippen molar-refractivity contribution in [2.45, 2.75) is 13.8 Å². The third-order valence-electron chi connectivity index (χ3n) is 2.39. The van der Waals surface area contributed by atoms with Crippen LogP contribution in [-0.2, 0) is 0 Å². The number of aliphatic imine (C=N–C) groups is 1. The maximum atomic E-state index is 4.49. The number of benzene rings is 1. The second-order valence-corrected chi connectivity index (χ2v) is 3.62. The number of nitrogens with one attached hydrogen (secondary N) is 1. The molecule has 2 rings (SSSR count). The minimum absolute atomic E-state index is 1.03. The Morgan fingerprint density at radius 1 is 1.07 bits per heavy atom. The van der Waals surface area contributed by atoms with Gasteiger partial charge in [-0.3, -0.25) is 4.99 Å². The predicted molar refractivity (Wildman–Crippen MR) is 64.0 cm³/mol. The van der Waals surface area contributed by atoms with Crippen LogP contribution in [0, 0.1) is 13.8 Å². The normalized spacial score (nSPS) is 11.1. The first-order chi connectivity index (χ1) is 7.27. The number of para-hydroxylation sites is 1. The number of rotatable bonds is 2. The van der Waals surface area contributed by atoms with Gasteiger partial charge in [0.25, 0.3) is 0 Å². The lowest BCUT2D eigenvalue weighted by Gasteiger charge is -2.02. The summed E-state index contributed by atoms with van der Waals surface area (Å²) in [6, 6.07) is 10.2. The molecule has 0 atom stereocenters. The Morgan fingerprint density at radius 2 is 1.80 bits per heavy atom. The highest BCUT2D eigenvalue weighted by atomic mass is 14.8. The van der Waals surface area contributed by atoms with Crippen LogP contribution in [0.5, 0.6) is 0 Å². The molecule has 1 heterocycles. The SMILES string of the molecule is Cc1cccc(C)c1N=Cc1ccc[nH]1. The summed E-state index contributed by atoms with van der Waals surface area (Å²) in [6.45, 7) is 4.16. The highest BCUT2D eigenvalue weighted by Gasteiger charge is 1.98. The van der Waals surface area contributed by atoms with Crippen molar-refractivity contribution in [1.29, 1.82) is 0 Å². The highest BCUT2D eigenvalue weighted by Crippen LogP contribution is 2.22. The third-order valence-corrected chi connectivity index (χ3v) is 2.39. The lowest BCUT2D eigenvalue weighted by Crippen LogP contribution is -1.83. The number of hydrogen-bond acceptors (Lipinski definition) is 1. The molecule has 0 saturated carbocycles. The molecule has 1 aromatic carbocycles. The van der Waals surface area contributed by atoms with Crippen molar-refractivity contribution in [2.75, 3.05) is 0 Å². The summed E-state index contributed by atoms with van der Waals surface area (Å²) >= 11 is 0. The Morgan fingerprint density at radius 3 is 2.40 bits per heavy atom. The number of aromatic nitrogens is 1. The van der Waals surface area contributed by atoms with Crippen LogP contribution in [0.2, 0.25) is 0 Å². The van der Waals surface area contributed by atoms with Crippen LogP contribution >= 0.6 is 0 Å². The fraction of sp³-hybridized carbons (Fsp3) is 0.154. The zero-order chi connectivity index (χ0) is 10.7. The van der Waals surface area contributed by atoms with E-state index in [9.17, 15) is 0 Å². The van der Waals surface area contributed by atoms with Crippen LogP contribution < -0.4 is 0 Å². The van der Waals surface area contributed by atoms with Crippen molar-refractivity contribution < 1.29 is 0 Å². The van der Waals surface area contributed by atoms with Gasteiger partial charge in [0, 0.05) is 6.20 Å². The average Bonchev–Trinajstić information content (AvgIpc) is 2.70. The van der Waals surface area contributed by atoms with Gasteiger partial charge in [-0.25, -0.2) is 0 Å². The summed E-state index contributed by atoms with van der Waals surface area (Å²) in [6.07, 6.45) is 3.75. The molecule has 0 bridgehead atoms. The molecule has 0 spiro atoms. The number of hydrogen-bond donors (Lipinski definition) is 1. The molecule has 0 unspecified atom stereocenters. The van der Waals surface area contributed by atoms with E-state index < -0.39 is 0 Å². The van der Waals surface area contributed by atoms with E-state index in [0.717, 1.165) is 11.4 Å². The smallest absolute Gasteiger partial charge is 0.0688 e. The van der Waals surface area contributed by atoms with Gasteiger partial charge in [-0.2, -0.15) is 0 Å². The quantitative estimate of drug-likeness (QED) is 0.716. The molecule has 1 aromatic heterocycles. The van der Waals surface area contributed by atoms with E-state index in [1.54, 1.807) is 0 Å². The van der Waals surface area contributed by atoms with Crippen molar-refractivity contribution >= 4 is 11.9 Å². The topological polar surface area (TPSA) is 28.1 Å². The molecule has 0 saturated heterocycles. The van der Waals surface area contributed by atoms with E-state index in [0.29, 0.717) is 0 Å². The van der Waals surface area contributed by atoms with Gasteiger partial charge in [-0.05, 0) is 37.1 Å². The molecular weight excluding hydrogens is 184 g/mol. The first-order valence-electron chi connectivity index (χ1n) is 5.01. The highest BCUT2D eigenvalue weighted by molar-refractivity contribution is 5.80. The molecule has 0 aliphatic carbocycles. The van der Waals surface area contributed by atoms with Crippen LogP contribution in [0.25, 0.3) is 0 Å². The van der Waals surface area contributed by atoms with E-state index in [4.69, 9.17) is 0 Å². The summed E-state index contributed by atoms with van der Waals surface area (Å²) in [7, 11) is 0. The molecule has 0 fully saturated rings. The fourth-order valence-corrected chi connectivity index (χ4v) is 1.57. The Balaban J connectivity index is 2.32. The van der Waals surface area contributed by atoms with Gasteiger partial charge < -0.3 is 4.98 Å². The first-order valence-corrected chi connectivity index (χ1v) is 5.01. The van der Waals surface area contributed by atoms with Crippen molar-refractivity contribution in [3.63, 3.8) is 0 Å². The summed E-state index contributed by atoms with van der Waals surface area (Å²) in [4.78, 5) is 7.59. The molecule has 0 radical (unpaired) electrons. The van der Waals surface area contributed by atoms with Gasteiger partial charge in [-0.15, -0.1) is 0 Å². The summed E-state index contributed by atoms with van der Waals surface area (Å²) in [5.41, 5.74) is 4.50. The van der Waals surface area contributed by atoms with Crippen molar-refractivity contribution in [3.05, 3.63) is 53.3 Å². The van der Waals surface area contributed by atoms with Crippen LogP contribution in [-0.4, -0.2) is 11.2 Å². The van der Waals surface area contributed by atoms with Crippen molar-refractivity contribution in [3.8, 4) is 0 Å². The van der Waals surface area contributed by atoms with Crippen LogP contribution in [0.1, 0.15) is 16.8 Å². The zero-order valence-corrected chi connectivity index (χ0v) is 8.99. The molecule has 0 amide bonds. The maximum Gasteiger partial charge on any atom is 0.0688 e. The molecular formula is C13H14N2. The second-order valence-electron chi connectivity index (χ2n) is 3.62. The standard InChI is InChI=1S/C13H14N2/c1-10-5-3-6-11(2)13(10)15-9-12-7-4-8-14-12/h3-9,14H,1-2H3. The zero-order valence-electron chi connectivity index (χ0n) is 8.99. The molecule has 2 aromatic rings. The van der Waals surface area contributed by atoms with Gasteiger partial charge in [0.15, 0.2) is 0 Å². The fourth-order valence-electron chi connectivity index (χ4n) is 1.57. The van der Waals surface area contributed by atoms with Gasteiger partial charge in [0.05, 0.1) is 17.6 Å². The number of aryl methyl sites for hydroxylation is 2. The molecule has 15 heavy (non-hydrogen) atoms. The molecule has 2 heteroatoms. The first kappa shape index (κ1) is 9.71. The number of nitrogens with zero attached hydrogens (tertiary/aromatic N) is 1. The maximum absolute atomic E-state index is 4.49. The van der Waals surface area contributed by atoms with Crippen LogP contribution in [0.4, 0.5) is 5.69 Å². The molecule has 0 aliphatic heterocycles. The summed E-state index contributed by atoms with van der Waals surface area (Å²) in [5.74, 6) is 0. The summed E-state index contributed by atoms with van der Waals surface area (Å²) < 4.78 is 0. The van der Waals surface area contributed by atoms with Crippen molar-refractivity contribution in [2.24, 2.45) is 4.99 Å². The van der Waals surface area contributed by atoms with E-state index in [1.165, 1.54) is 11.1 Å². The number of H-pyrrole nitrogens is 1. The summed E-state index contributed by atoms with van der Waals surface area (Å²) in [5, 5.41) is 0. The minimum Gasteiger partial charge on any atom is -0.360 e. The monoisotopic (exact) mass is 198 g/mol. The lowest BCUT2D eigenvalue weighted by atomic mass is 10.1. The van der Waals surface area contributed by atoms with E-state index in [-0.39, 0.29) is 0 Å². The predicted octanol–water partition coefficient (Wildman–Crippen LogP) is 3.38. The van der Waals surface area contributed by atoms with Crippen molar-refractivity contribution in [1.82, 2.24) is 4.98 Å². The lowest BCUT2D eigenvalue weighted by molar-refractivity contribution is 1.32. The molecule has 2 nitrogen and oxygen atoms in total. The number of aromatic amines is 1. The Hall–Kier alpha value is -1.83. The Bertz CT molecular complexity index is 447. The Labute approximate surface area is 89.7 Å². The van der Waals surface area contributed by atoms with Crippen LogP contribution in [0.15, 0.2) is 41.5 Å². The van der Waals surface area contributed by atoms with Gasteiger partial charge in [0.2, 0.25) is 0 Å². The molecule has 0 aliphatic rings. The minimum atomic E-state index is 1.03. The second kappa shape index (κ2) is 4.13. The van der Waals surface area contributed by atoms with E-state index >= 15 is 0 Å². The average molecular weight is 198 g/mol. The van der Waals surface area contributed by atoms with Crippen LogP contribution in [0.3, 0.4) is 0 Å². The third kappa shape index (κ3) is 2.15. The van der Waals surface area contributed by atoms with Gasteiger partial charge in [-0.1, -0.05) is 18.2 Å². The largest absolute Gasteiger partial charge is 0.360 e. The van der Waals surface area contributed by atoms with Gasteiger partial charge in [0.1, 0.15) is 0 Å². The molecule has 76 valence electrons. The van der Waals surface area contributed by atoms with E-state index in [1.807, 2.05) is 24.5 Å². The molecule has 1 N–H and O–H groups in total. The van der Waals surface area contributed by atoms with Gasteiger partial charge >= 0.3 is 0 Å².